The van der Waals surface area contributed by atoms with Crippen molar-refractivity contribution in [3.63, 3.8) is 0 Å². The Morgan fingerprint density at radius 2 is 2.04 bits per heavy atom. The molecule has 2 heterocycles. The zero-order valence-corrected chi connectivity index (χ0v) is 19.5. The fourth-order valence-corrected chi connectivity index (χ4v) is 4.17. The second-order valence-electron chi connectivity index (χ2n) is 7.22. The summed E-state index contributed by atoms with van der Waals surface area (Å²) in [5, 5.41) is 5.76. The van der Waals surface area contributed by atoms with Gasteiger partial charge in [0.1, 0.15) is 0 Å². The number of guanidine groups is 1. The van der Waals surface area contributed by atoms with E-state index < -0.39 is 0 Å². The Hall–Kier alpha value is -1.12. The lowest BCUT2D eigenvalue weighted by Crippen LogP contribution is -2.43. The number of benzene rings is 1. The molecule has 1 aromatic heterocycles. The number of nitrogens with one attached hydrogen (secondary N) is 1. The molecule has 1 fully saturated rings. The highest BCUT2D eigenvalue weighted by Crippen LogP contribution is 2.20. The fourth-order valence-electron chi connectivity index (χ4n) is 3.43. The molecule has 1 aromatic carbocycles. The van der Waals surface area contributed by atoms with E-state index in [1.54, 1.807) is 0 Å². The first-order valence-corrected chi connectivity index (χ1v) is 10.3. The summed E-state index contributed by atoms with van der Waals surface area (Å²) >= 11 is 1.86. The molecular weight excluding hydrogens is 467 g/mol. The van der Waals surface area contributed by atoms with E-state index in [9.17, 15) is 0 Å². The highest BCUT2D eigenvalue weighted by molar-refractivity contribution is 14.0. The van der Waals surface area contributed by atoms with Gasteiger partial charge in [0.25, 0.3) is 0 Å². The molecule has 4 nitrogen and oxygen atoms in total. The average Bonchev–Trinajstić information content (AvgIpc) is 3.15. The molecular formula is C21H31IN4S. The van der Waals surface area contributed by atoms with Crippen LogP contribution in [0, 0.1) is 5.92 Å². The molecule has 1 unspecified atom stereocenters. The van der Waals surface area contributed by atoms with E-state index in [0.29, 0.717) is 5.92 Å². The Kier molecular flexibility index (Phi) is 9.58. The minimum absolute atomic E-state index is 0. The largest absolute Gasteiger partial charge is 0.356 e. The maximum Gasteiger partial charge on any atom is 0.193 e. The molecule has 0 aliphatic carbocycles. The monoisotopic (exact) mass is 498 g/mol. The van der Waals surface area contributed by atoms with E-state index in [0.717, 1.165) is 25.6 Å². The van der Waals surface area contributed by atoms with Gasteiger partial charge in [0.2, 0.25) is 0 Å². The zero-order valence-electron chi connectivity index (χ0n) is 16.3. The van der Waals surface area contributed by atoms with Gasteiger partial charge in [0.05, 0.1) is 6.54 Å². The number of piperidine rings is 1. The maximum atomic E-state index is 4.78. The molecule has 1 saturated heterocycles. The summed E-state index contributed by atoms with van der Waals surface area (Å²) in [7, 11) is 4.11. The number of likely N-dealkylation sites (tertiary alicyclic amines) is 1. The van der Waals surface area contributed by atoms with E-state index in [1.165, 1.54) is 36.4 Å². The molecule has 1 aliphatic rings. The molecule has 1 atom stereocenters. The van der Waals surface area contributed by atoms with Crippen molar-refractivity contribution >= 4 is 41.3 Å². The summed E-state index contributed by atoms with van der Waals surface area (Å²) in [4.78, 5) is 10.9. The molecule has 0 amide bonds. The molecule has 0 bridgehead atoms. The van der Waals surface area contributed by atoms with Crippen LogP contribution in [0.15, 0.2) is 52.8 Å². The number of halogens is 1. The third-order valence-electron chi connectivity index (χ3n) is 4.79. The summed E-state index contributed by atoms with van der Waals surface area (Å²) in [6.07, 6.45) is 2.59. The van der Waals surface area contributed by atoms with Gasteiger partial charge in [-0.05, 0) is 42.3 Å². The van der Waals surface area contributed by atoms with Crippen molar-refractivity contribution in [1.82, 2.24) is 15.1 Å². The molecule has 6 heteroatoms. The highest BCUT2D eigenvalue weighted by atomic mass is 127. The summed E-state index contributed by atoms with van der Waals surface area (Å²) < 4.78 is 0. The van der Waals surface area contributed by atoms with Gasteiger partial charge in [0.15, 0.2) is 5.96 Å². The molecule has 1 N–H and O–H groups in total. The van der Waals surface area contributed by atoms with Gasteiger partial charge in [-0.15, -0.1) is 35.3 Å². The first kappa shape index (κ1) is 22.2. The van der Waals surface area contributed by atoms with Crippen LogP contribution in [0.1, 0.15) is 23.3 Å². The predicted molar refractivity (Wildman–Crippen MR) is 127 cm³/mol. The minimum Gasteiger partial charge on any atom is -0.356 e. The van der Waals surface area contributed by atoms with Crippen molar-refractivity contribution in [2.24, 2.45) is 10.9 Å². The van der Waals surface area contributed by atoms with Gasteiger partial charge in [0, 0.05) is 38.6 Å². The van der Waals surface area contributed by atoms with Crippen LogP contribution in [0.5, 0.6) is 0 Å². The average molecular weight is 498 g/mol. The third-order valence-corrected chi connectivity index (χ3v) is 5.65. The van der Waals surface area contributed by atoms with Gasteiger partial charge in [-0.3, -0.25) is 4.90 Å². The summed E-state index contributed by atoms with van der Waals surface area (Å²) in [6.45, 7) is 5.20. The normalized spacial score (nSPS) is 18.0. The Balaban J connectivity index is 0.00000261. The smallest absolute Gasteiger partial charge is 0.193 e. The second-order valence-corrected chi connectivity index (χ2v) is 8.26. The number of rotatable bonds is 6. The molecule has 3 rings (SSSR count). The van der Waals surface area contributed by atoms with E-state index in [4.69, 9.17) is 4.99 Å². The van der Waals surface area contributed by atoms with Crippen LogP contribution >= 0.6 is 35.3 Å². The van der Waals surface area contributed by atoms with E-state index in [-0.39, 0.29) is 24.0 Å². The Labute approximate surface area is 184 Å². The van der Waals surface area contributed by atoms with Crippen LogP contribution in [0.25, 0.3) is 0 Å². The Morgan fingerprint density at radius 1 is 1.22 bits per heavy atom. The van der Waals surface area contributed by atoms with Gasteiger partial charge in [-0.2, -0.15) is 0 Å². The second kappa shape index (κ2) is 11.7. The molecule has 2 aromatic rings. The lowest BCUT2D eigenvalue weighted by atomic mass is 9.98. The number of thiophene rings is 1. The summed E-state index contributed by atoms with van der Waals surface area (Å²) in [5.74, 6) is 1.66. The van der Waals surface area contributed by atoms with Crippen molar-refractivity contribution < 1.29 is 0 Å². The molecule has 148 valence electrons. The first-order valence-electron chi connectivity index (χ1n) is 9.45. The molecule has 0 spiro atoms. The van der Waals surface area contributed by atoms with Crippen molar-refractivity contribution in [3.05, 3.63) is 58.3 Å². The minimum atomic E-state index is 0. The standard InChI is InChI=1S/C21H30N4S.HI/c1-24(2)21(22-14-18-8-4-3-5-9-18)23-15-19-10-6-12-25(16-19)17-20-11-7-13-26-20;/h3-5,7-9,11,13,19H,6,10,12,14-17H2,1-2H3,(H,22,23);1H. The highest BCUT2D eigenvalue weighted by Gasteiger charge is 2.20. The van der Waals surface area contributed by atoms with Crippen molar-refractivity contribution in [2.75, 3.05) is 33.7 Å². The Bertz CT molecular complexity index is 673. The maximum absolute atomic E-state index is 4.78. The fraction of sp³-hybridized carbons (Fsp3) is 0.476. The lowest BCUT2D eigenvalue weighted by molar-refractivity contribution is 0.169. The van der Waals surface area contributed by atoms with Crippen LogP contribution in [0.2, 0.25) is 0 Å². The van der Waals surface area contributed by atoms with E-state index in [1.807, 2.05) is 17.4 Å². The van der Waals surface area contributed by atoms with E-state index >= 15 is 0 Å². The number of aliphatic imine (C=N–C) groups is 1. The number of hydrogen-bond acceptors (Lipinski definition) is 3. The van der Waals surface area contributed by atoms with Crippen molar-refractivity contribution in [3.8, 4) is 0 Å². The molecule has 0 saturated carbocycles. The summed E-state index contributed by atoms with van der Waals surface area (Å²) in [5.41, 5.74) is 1.24. The lowest BCUT2D eigenvalue weighted by Gasteiger charge is -2.33. The van der Waals surface area contributed by atoms with Gasteiger partial charge >= 0.3 is 0 Å². The quantitative estimate of drug-likeness (QED) is 0.367. The van der Waals surface area contributed by atoms with Crippen LogP contribution in [0.3, 0.4) is 0 Å². The summed E-state index contributed by atoms with van der Waals surface area (Å²) in [6, 6.07) is 14.8. The van der Waals surface area contributed by atoms with Gasteiger partial charge in [-0.1, -0.05) is 36.4 Å². The zero-order chi connectivity index (χ0) is 18.2. The predicted octanol–water partition coefficient (Wildman–Crippen LogP) is 4.29. The van der Waals surface area contributed by atoms with Crippen molar-refractivity contribution in [2.45, 2.75) is 25.9 Å². The van der Waals surface area contributed by atoms with Gasteiger partial charge < -0.3 is 10.2 Å². The van der Waals surface area contributed by atoms with Crippen LogP contribution in [0.4, 0.5) is 0 Å². The number of nitrogens with zero attached hydrogens (tertiary/aromatic N) is 3. The van der Waals surface area contributed by atoms with Crippen LogP contribution in [-0.2, 0) is 13.1 Å². The van der Waals surface area contributed by atoms with Crippen LogP contribution in [-0.4, -0.2) is 49.5 Å². The molecule has 27 heavy (non-hydrogen) atoms. The van der Waals surface area contributed by atoms with Crippen molar-refractivity contribution in [1.29, 1.82) is 0 Å². The Morgan fingerprint density at radius 3 is 2.74 bits per heavy atom. The first-order chi connectivity index (χ1) is 12.7. The SMILES string of the molecule is CN(C)C(=NCc1ccccc1)NCC1CCCN(Cc2cccs2)C1.I. The topological polar surface area (TPSA) is 30.9 Å². The van der Waals surface area contributed by atoms with Crippen LogP contribution < -0.4 is 5.32 Å². The van der Waals surface area contributed by atoms with E-state index in [2.05, 4.69) is 71.0 Å². The molecule has 0 radical (unpaired) electrons. The van der Waals surface area contributed by atoms with Gasteiger partial charge in [-0.25, -0.2) is 4.99 Å². The third kappa shape index (κ3) is 7.43. The number of hydrogen-bond donors (Lipinski definition) is 1. The molecule has 1 aliphatic heterocycles.